The summed E-state index contributed by atoms with van der Waals surface area (Å²) in [6, 6.07) is 0.166. The van der Waals surface area contributed by atoms with Crippen molar-refractivity contribution in [1.29, 1.82) is 0 Å². The number of carbonyl (C=O) groups excluding carboxylic acids is 2. The average Bonchev–Trinajstić information content (AvgIpc) is 2.42. The highest BCUT2D eigenvalue weighted by Gasteiger charge is 2.09. The Labute approximate surface area is 126 Å². The fourth-order valence-electron chi connectivity index (χ4n) is 1.93. The van der Waals surface area contributed by atoms with Crippen molar-refractivity contribution in [3.05, 3.63) is 0 Å². The highest BCUT2D eigenvalue weighted by molar-refractivity contribution is 6.40. The normalized spacial score (nSPS) is 11.5. The van der Waals surface area contributed by atoms with E-state index in [9.17, 15) is 0 Å². The third-order valence-electron chi connectivity index (χ3n) is 2.99. The molecule has 9 heteroatoms. The molecule has 0 bridgehead atoms. The van der Waals surface area contributed by atoms with Crippen LogP contribution in [0.4, 0.5) is 0 Å². The fourth-order valence-corrected chi connectivity index (χ4v) is 1.93. The first-order valence-electron chi connectivity index (χ1n) is 7.25. The highest BCUT2D eigenvalue weighted by Crippen LogP contribution is 2.06. The van der Waals surface area contributed by atoms with Crippen LogP contribution < -0.4 is 17.2 Å². The molecular weight excluding hydrogens is 275 g/mol. The lowest BCUT2D eigenvalue weighted by molar-refractivity contribution is -0.191. The maximum Gasteiger partial charge on any atom is 0.451 e. The number of nitrogens with zero attached hydrogens (tertiary/aromatic N) is 1. The van der Waals surface area contributed by atoms with Gasteiger partial charge in [0.2, 0.25) is 0 Å². The second kappa shape index (κ2) is 17.3. The summed E-state index contributed by atoms with van der Waals surface area (Å²) >= 11 is 0. The molecule has 0 aliphatic carbocycles. The van der Waals surface area contributed by atoms with Crippen LogP contribution in [0.15, 0.2) is 0 Å². The average molecular weight is 304 g/mol. The van der Waals surface area contributed by atoms with Gasteiger partial charge < -0.3 is 32.1 Å². The quantitative estimate of drug-likeness (QED) is 0.204. The van der Waals surface area contributed by atoms with Gasteiger partial charge in [0.05, 0.1) is 0 Å². The molecule has 0 spiro atoms. The predicted molar refractivity (Wildman–Crippen MR) is 81.0 cm³/mol. The molecule has 0 amide bonds. The largest absolute Gasteiger partial charge is 0.451 e. The zero-order valence-corrected chi connectivity index (χ0v) is 12.6. The summed E-state index contributed by atoms with van der Waals surface area (Å²) in [5, 5.41) is 17.4. The number of rotatable bonds is 12. The minimum Gasteiger partial charge on any atom is -0.427 e. The summed E-state index contributed by atoms with van der Waals surface area (Å²) in [5.74, 6) is 0. The van der Waals surface area contributed by atoms with Crippen LogP contribution in [-0.4, -0.2) is 67.0 Å². The molecule has 124 valence electrons. The van der Waals surface area contributed by atoms with Crippen molar-refractivity contribution in [3.63, 3.8) is 0 Å². The van der Waals surface area contributed by atoms with Crippen molar-refractivity contribution in [2.45, 2.75) is 38.0 Å². The Kier molecular flexibility index (Phi) is 18.5. The van der Waals surface area contributed by atoms with Gasteiger partial charge in [0, 0.05) is 32.2 Å². The van der Waals surface area contributed by atoms with Gasteiger partial charge >= 0.3 is 13.3 Å². The summed E-state index contributed by atoms with van der Waals surface area (Å²) in [6.45, 7) is 3.94. The van der Waals surface area contributed by atoms with Crippen molar-refractivity contribution in [3.8, 4) is 0 Å². The van der Waals surface area contributed by atoms with Crippen LogP contribution >= 0.6 is 0 Å². The molecule has 0 rings (SSSR count). The van der Waals surface area contributed by atoms with E-state index in [0.717, 1.165) is 45.3 Å². The third-order valence-corrected chi connectivity index (χ3v) is 2.99. The smallest absolute Gasteiger partial charge is 0.427 e. The van der Waals surface area contributed by atoms with E-state index in [0.29, 0.717) is 19.4 Å². The molecule has 0 heterocycles. The van der Waals surface area contributed by atoms with Gasteiger partial charge in [-0.05, 0) is 25.7 Å². The van der Waals surface area contributed by atoms with Crippen LogP contribution in [0.1, 0.15) is 25.7 Å². The maximum absolute atomic E-state index is 8.71. The first-order valence-corrected chi connectivity index (χ1v) is 7.25. The highest BCUT2D eigenvalue weighted by atomic mass is 16.4. The van der Waals surface area contributed by atoms with E-state index in [1.165, 1.54) is 0 Å². The van der Waals surface area contributed by atoms with E-state index in [1.807, 2.05) is 0 Å². The van der Waals surface area contributed by atoms with Gasteiger partial charge in [-0.3, -0.25) is 0 Å². The Bertz CT molecular complexity index is 247. The van der Waals surface area contributed by atoms with Crippen LogP contribution in [0, 0.1) is 0 Å². The molecule has 0 aliphatic heterocycles. The van der Waals surface area contributed by atoms with Gasteiger partial charge in [-0.25, -0.2) is 0 Å². The Balaban J connectivity index is 0. The molecule has 0 saturated carbocycles. The van der Waals surface area contributed by atoms with Gasteiger partial charge in [-0.1, -0.05) is 12.8 Å². The van der Waals surface area contributed by atoms with Crippen molar-refractivity contribution < 1.29 is 19.6 Å². The van der Waals surface area contributed by atoms with Crippen LogP contribution in [-0.2, 0) is 9.59 Å². The molecule has 0 fully saturated rings. The van der Waals surface area contributed by atoms with Gasteiger partial charge in [0.15, 0.2) is 0 Å². The lowest BCUT2D eigenvalue weighted by Gasteiger charge is -2.22. The molecule has 0 saturated heterocycles. The second-order valence-electron chi connectivity index (χ2n) is 4.82. The Morgan fingerprint density at radius 3 is 1.95 bits per heavy atom. The van der Waals surface area contributed by atoms with Crippen molar-refractivity contribution >= 4 is 13.3 Å². The predicted octanol–water partition coefficient (Wildman–Crippen LogP) is -2.02. The molecular formula is C12H29BN4O4. The fraction of sp³-hybridized carbons (Fsp3) is 0.917. The first-order chi connectivity index (χ1) is 10.0. The summed E-state index contributed by atoms with van der Waals surface area (Å²) < 4.78 is 0. The van der Waals surface area contributed by atoms with E-state index in [-0.39, 0.29) is 12.2 Å². The monoisotopic (exact) mass is 304 g/mol. The number of hydrogen-bond acceptors (Lipinski definition) is 8. The van der Waals surface area contributed by atoms with Crippen LogP contribution in [0.3, 0.4) is 0 Å². The van der Waals surface area contributed by atoms with Crippen LogP contribution in [0.25, 0.3) is 0 Å². The molecule has 0 radical (unpaired) electrons. The minimum atomic E-state index is -1.19. The summed E-state index contributed by atoms with van der Waals surface area (Å²) in [5.41, 5.74) is 17.1. The van der Waals surface area contributed by atoms with Gasteiger partial charge in [-0.2, -0.15) is 9.59 Å². The summed E-state index contributed by atoms with van der Waals surface area (Å²) in [7, 11) is -1.19. The standard InChI is InChI=1S/C11H29BN4O2.CO2/c13-6-9-16(10-7-14)8-4-11(15)3-1-2-5-12(17)18;2-1-3/h11,17-18H,1-10,13-15H2;. The molecule has 1 atom stereocenters. The zero-order valence-electron chi connectivity index (χ0n) is 12.6. The van der Waals surface area contributed by atoms with Crippen LogP contribution in [0.5, 0.6) is 0 Å². The Morgan fingerprint density at radius 1 is 1.00 bits per heavy atom. The van der Waals surface area contributed by atoms with Gasteiger partial charge in [0.1, 0.15) is 0 Å². The summed E-state index contributed by atoms with van der Waals surface area (Å²) in [4.78, 5) is 18.5. The third kappa shape index (κ3) is 19.2. The molecule has 0 aromatic rings. The van der Waals surface area contributed by atoms with E-state index < -0.39 is 7.12 Å². The van der Waals surface area contributed by atoms with Crippen molar-refractivity contribution in [2.75, 3.05) is 32.7 Å². The topological polar surface area (TPSA) is 156 Å². The SMILES string of the molecule is NCCN(CCN)CCC(N)CCCCB(O)O.O=C=O. The molecule has 21 heavy (non-hydrogen) atoms. The van der Waals surface area contributed by atoms with E-state index >= 15 is 0 Å². The molecule has 0 aromatic heterocycles. The first kappa shape index (κ1) is 22.5. The molecule has 0 aliphatic rings. The molecule has 1 unspecified atom stereocenters. The van der Waals surface area contributed by atoms with E-state index in [4.69, 9.17) is 36.8 Å². The Hall–Kier alpha value is -0.795. The number of hydrogen-bond donors (Lipinski definition) is 5. The van der Waals surface area contributed by atoms with Gasteiger partial charge in [-0.15, -0.1) is 0 Å². The summed E-state index contributed by atoms with van der Waals surface area (Å²) in [6.07, 6.45) is 4.28. The van der Waals surface area contributed by atoms with Crippen molar-refractivity contribution in [1.82, 2.24) is 4.90 Å². The maximum atomic E-state index is 8.71. The number of unbranched alkanes of at least 4 members (excludes halogenated alkanes) is 1. The van der Waals surface area contributed by atoms with Crippen molar-refractivity contribution in [2.24, 2.45) is 17.2 Å². The second-order valence-corrected chi connectivity index (χ2v) is 4.82. The molecule has 8 nitrogen and oxygen atoms in total. The van der Waals surface area contributed by atoms with Gasteiger partial charge in [0.25, 0.3) is 0 Å². The zero-order chi connectivity index (χ0) is 16.5. The number of nitrogens with two attached hydrogens (primary N) is 3. The van der Waals surface area contributed by atoms with E-state index in [2.05, 4.69) is 4.90 Å². The Morgan fingerprint density at radius 2 is 1.52 bits per heavy atom. The minimum absolute atomic E-state index is 0.166. The lowest BCUT2D eigenvalue weighted by atomic mass is 9.83. The van der Waals surface area contributed by atoms with Crippen LogP contribution in [0.2, 0.25) is 6.32 Å². The lowest BCUT2D eigenvalue weighted by Crippen LogP contribution is -2.37. The van der Waals surface area contributed by atoms with E-state index in [1.54, 1.807) is 0 Å². The molecule has 0 aromatic carbocycles. The molecule has 8 N–H and O–H groups in total.